The van der Waals surface area contributed by atoms with Crippen molar-refractivity contribution < 1.29 is 14.3 Å². The number of hydrogen-bond acceptors (Lipinski definition) is 6. The molecule has 7 heteroatoms. The molecule has 0 aliphatic carbocycles. The fourth-order valence-corrected chi connectivity index (χ4v) is 3.04. The first kappa shape index (κ1) is 17.4. The topological polar surface area (TPSA) is 51.1 Å². The van der Waals surface area contributed by atoms with Gasteiger partial charge in [-0.15, -0.1) is 0 Å². The molecule has 1 fully saturated rings. The van der Waals surface area contributed by atoms with Crippen LogP contribution in [0.3, 0.4) is 0 Å². The van der Waals surface area contributed by atoms with Crippen molar-refractivity contribution in [1.29, 1.82) is 0 Å². The van der Waals surface area contributed by atoms with Crippen LogP contribution in [0.5, 0.6) is 11.5 Å². The van der Waals surface area contributed by atoms with Gasteiger partial charge < -0.3 is 9.47 Å². The van der Waals surface area contributed by atoms with E-state index in [0.29, 0.717) is 23.3 Å². The van der Waals surface area contributed by atoms with E-state index in [2.05, 4.69) is 5.10 Å². The molecule has 2 aromatic carbocycles. The van der Waals surface area contributed by atoms with Gasteiger partial charge in [0, 0.05) is 0 Å². The van der Waals surface area contributed by atoms with Gasteiger partial charge >= 0.3 is 0 Å². The van der Waals surface area contributed by atoms with Gasteiger partial charge in [0.15, 0.2) is 4.32 Å². The molecule has 1 aliphatic rings. The molecule has 0 spiro atoms. The molecule has 1 heterocycles. The monoisotopic (exact) mass is 372 g/mol. The number of amides is 1. The van der Waals surface area contributed by atoms with Crippen LogP contribution in [0.4, 0.5) is 0 Å². The lowest BCUT2D eigenvalue weighted by Gasteiger charge is -2.09. The third-order valence-corrected chi connectivity index (χ3v) is 4.63. The summed E-state index contributed by atoms with van der Waals surface area (Å²) in [5.74, 6) is 1.83. The molecule has 2 aromatic rings. The van der Waals surface area contributed by atoms with Crippen LogP contribution in [0, 0.1) is 0 Å². The summed E-state index contributed by atoms with van der Waals surface area (Å²) in [6, 6.07) is 17.1. The van der Waals surface area contributed by atoms with Gasteiger partial charge in [-0.05, 0) is 42.0 Å². The van der Waals surface area contributed by atoms with Crippen molar-refractivity contribution in [2.75, 3.05) is 19.0 Å². The maximum atomic E-state index is 11.6. The lowest BCUT2D eigenvalue weighted by atomic mass is 10.2. The Labute approximate surface area is 155 Å². The molecule has 0 unspecified atom stereocenters. The quantitative estimate of drug-likeness (QED) is 0.424. The average molecular weight is 372 g/mol. The third-order valence-electron chi connectivity index (χ3n) is 3.29. The number of thioether (sulfide) groups is 1. The Balaban J connectivity index is 1.45. The van der Waals surface area contributed by atoms with Gasteiger partial charge in [0.2, 0.25) is 0 Å². The zero-order chi connectivity index (χ0) is 17.5. The summed E-state index contributed by atoms with van der Waals surface area (Å²) in [6.07, 6.45) is 1.61. The summed E-state index contributed by atoms with van der Waals surface area (Å²) in [4.78, 5) is 11.6. The van der Waals surface area contributed by atoms with Crippen LogP contribution in [0.1, 0.15) is 5.56 Å². The van der Waals surface area contributed by atoms with E-state index in [-0.39, 0.29) is 5.91 Å². The van der Waals surface area contributed by atoms with Crippen molar-refractivity contribution in [2.24, 2.45) is 5.10 Å². The SMILES string of the molecule is O=C1CSC(=S)N1/N=C/c1ccc(OCCOc2ccccc2)cc1. The molecule has 0 aromatic heterocycles. The van der Waals surface area contributed by atoms with E-state index in [1.54, 1.807) is 6.21 Å². The highest BCUT2D eigenvalue weighted by atomic mass is 32.2. The molecule has 1 saturated heterocycles. The molecular weight excluding hydrogens is 356 g/mol. The smallest absolute Gasteiger partial charge is 0.259 e. The zero-order valence-electron chi connectivity index (χ0n) is 13.3. The second-order valence-electron chi connectivity index (χ2n) is 5.08. The molecule has 3 rings (SSSR count). The van der Waals surface area contributed by atoms with Gasteiger partial charge in [-0.25, -0.2) is 0 Å². The van der Waals surface area contributed by atoms with Crippen LogP contribution in [0.15, 0.2) is 59.7 Å². The molecule has 0 radical (unpaired) electrons. The number of carbonyl (C=O) groups is 1. The van der Waals surface area contributed by atoms with Gasteiger partial charge in [-0.2, -0.15) is 10.1 Å². The largest absolute Gasteiger partial charge is 0.490 e. The number of hydrazone groups is 1. The summed E-state index contributed by atoms with van der Waals surface area (Å²) in [6.45, 7) is 0.926. The Morgan fingerprint density at radius 2 is 1.68 bits per heavy atom. The minimum Gasteiger partial charge on any atom is -0.490 e. The maximum absolute atomic E-state index is 11.6. The lowest BCUT2D eigenvalue weighted by Crippen LogP contribution is -2.22. The Morgan fingerprint density at radius 3 is 2.28 bits per heavy atom. The van der Waals surface area contributed by atoms with Crippen LogP contribution >= 0.6 is 24.0 Å². The maximum Gasteiger partial charge on any atom is 0.259 e. The van der Waals surface area contributed by atoms with Gasteiger partial charge in [-0.3, -0.25) is 4.79 Å². The minimum absolute atomic E-state index is 0.0929. The second kappa shape index (κ2) is 8.64. The Morgan fingerprint density at radius 1 is 1.04 bits per heavy atom. The number of rotatable bonds is 7. The first-order chi connectivity index (χ1) is 12.2. The van der Waals surface area contributed by atoms with Crippen LogP contribution in [-0.4, -0.2) is 40.4 Å². The normalized spacial score (nSPS) is 14.3. The van der Waals surface area contributed by atoms with Gasteiger partial charge in [0.1, 0.15) is 24.7 Å². The minimum atomic E-state index is -0.0929. The molecule has 1 aliphatic heterocycles. The molecular formula is C18H16N2O3S2. The number of carbonyl (C=O) groups excluding carboxylic acids is 1. The average Bonchev–Trinajstić information content (AvgIpc) is 2.97. The molecule has 0 N–H and O–H groups in total. The Bertz CT molecular complexity index is 748. The van der Waals surface area contributed by atoms with E-state index in [1.807, 2.05) is 54.6 Å². The molecule has 0 saturated carbocycles. The third kappa shape index (κ3) is 5.04. The van der Waals surface area contributed by atoms with Crippen molar-refractivity contribution in [2.45, 2.75) is 0 Å². The summed E-state index contributed by atoms with van der Waals surface area (Å²) >= 11 is 6.39. The van der Waals surface area contributed by atoms with E-state index in [0.717, 1.165) is 17.1 Å². The summed E-state index contributed by atoms with van der Waals surface area (Å²) in [5, 5.41) is 5.39. The van der Waals surface area contributed by atoms with Crippen LogP contribution in [0.25, 0.3) is 0 Å². The van der Waals surface area contributed by atoms with Crippen molar-refractivity contribution in [1.82, 2.24) is 5.01 Å². The first-order valence-electron chi connectivity index (χ1n) is 7.67. The van der Waals surface area contributed by atoms with E-state index < -0.39 is 0 Å². The van der Waals surface area contributed by atoms with Crippen molar-refractivity contribution >= 4 is 40.4 Å². The van der Waals surface area contributed by atoms with Crippen LogP contribution in [0.2, 0.25) is 0 Å². The summed E-state index contributed by atoms with van der Waals surface area (Å²) < 4.78 is 11.7. The number of nitrogens with zero attached hydrogens (tertiary/aromatic N) is 2. The fraction of sp³-hybridized carbons (Fsp3) is 0.167. The fourth-order valence-electron chi connectivity index (χ4n) is 2.07. The lowest BCUT2D eigenvalue weighted by molar-refractivity contribution is -0.123. The number of ether oxygens (including phenoxy) is 2. The molecule has 5 nitrogen and oxygen atoms in total. The predicted molar refractivity (Wildman–Crippen MR) is 103 cm³/mol. The summed E-state index contributed by atoms with van der Waals surface area (Å²) in [7, 11) is 0. The van der Waals surface area contributed by atoms with E-state index in [1.165, 1.54) is 16.8 Å². The van der Waals surface area contributed by atoms with Crippen LogP contribution in [-0.2, 0) is 4.79 Å². The van der Waals surface area contributed by atoms with Gasteiger partial charge in [-0.1, -0.05) is 42.2 Å². The molecule has 0 bridgehead atoms. The number of thiocarbonyl (C=S) groups is 1. The summed E-state index contributed by atoms with van der Waals surface area (Å²) in [5.41, 5.74) is 0.861. The number of hydrogen-bond donors (Lipinski definition) is 0. The highest BCUT2D eigenvalue weighted by molar-refractivity contribution is 8.23. The molecule has 1 amide bonds. The predicted octanol–water partition coefficient (Wildman–Crippen LogP) is 3.34. The zero-order valence-corrected chi connectivity index (χ0v) is 15.0. The Hall–Kier alpha value is -2.38. The molecule has 25 heavy (non-hydrogen) atoms. The second-order valence-corrected chi connectivity index (χ2v) is 6.69. The molecule has 0 atom stereocenters. The van der Waals surface area contributed by atoms with Crippen LogP contribution < -0.4 is 9.47 Å². The van der Waals surface area contributed by atoms with E-state index >= 15 is 0 Å². The van der Waals surface area contributed by atoms with Crippen molar-refractivity contribution in [3.63, 3.8) is 0 Å². The number of benzene rings is 2. The number of para-hydroxylation sites is 1. The highest BCUT2D eigenvalue weighted by Crippen LogP contribution is 2.19. The molecule has 128 valence electrons. The highest BCUT2D eigenvalue weighted by Gasteiger charge is 2.25. The van der Waals surface area contributed by atoms with Crippen molar-refractivity contribution in [3.05, 3.63) is 60.2 Å². The van der Waals surface area contributed by atoms with Crippen molar-refractivity contribution in [3.8, 4) is 11.5 Å². The van der Waals surface area contributed by atoms with Gasteiger partial charge in [0.05, 0.1) is 12.0 Å². The van der Waals surface area contributed by atoms with E-state index in [4.69, 9.17) is 21.7 Å². The van der Waals surface area contributed by atoms with Gasteiger partial charge in [0.25, 0.3) is 5.91 Å². The van der Waals surface area contributed by atoms with E-state index in [9.17, 15) is 4.79 Å². The Kier molecular flexibility index (Phi) is 6.03. The first-order valence-corrected chi connectivity index (χ1v) is 9.06. The standard InChI is InChI=1S/C18H16N2O3S2/c21-17-13-25-18(24)20(17)19-12-14-6-8-16(9-7-14)23-11-10-22-15-4-2-1-3-5-15/h1-9,12H,10-11,13H2/b19-12+.